The molecule has 0 fully saturated rings. The Hall–Kier alpha value is -1.36. The lowest BCUT2D eigenvalue weighted by Crippen LogP contribution is -2.40. The largest absolute Gasteiger partial charge is 0.355 e. The quantitative estimate of drug-likeness (QED) is 0.283. The van der Waals surface area contributed by atoms with E-state index in [9.17, 15) is 8.42 Å². The number of guanidine groups is 1. The molecule has 27 heavy (non-hydrogen) atoms. The molecule has 0 atom stereocenters. The molecule has 0 bridgehead atoms. The summed E-state index contributed by atoms with van der Waals surface area (Å²) in [5.41, 5.74) is 1.93. The summed E-state index contributed by atoms with van der Waals surface area (Å²) >= 11 is 5.95. The van der Waals surface area contributed by atoms with Crippen LogP contribution in [-0.2, 0) is 23.1 Å². The smallest absolute Gasteiger partial charge is 0.213 e. The third kappa shape index (κ3) is 9.41. The van der Waals surface area contributed by atoms with Crippen LogP contribution in [0.4, 0.5) is 0 Å². The minimum absolute atomic E-state index is 0. The fourth-order valence-electron chi connectivity index (χ4n) is 2.22. The van der Waals surface area contributed by atoms with Crippen molar-refractivity contribution in [1.29, 1.82) is 0 Å². The molecule has 0 aliphatic rings. The van der Waals surface area contributed by atoms with Crippen molar-refractivity contribution in [3.8, 4) is 0 Å². The maximum Gasteiger partial charge on any atom is 0.213 e. The average Bonchev–Trinajstić information content (AvgIpc) is 2.64. The lowest BCUT2D eigenvalue weighted by atomic mass is 10.2. The molecule has 0 heterocycles. The van der Waals surface area contributed by atoms with Crippen molar-refractivity contribution in [2.75, 3.05) is 19.3 Å². The zero-order chi connectivity index (χ0) is 18.8. The average molecular weight is 523 g/mol. The second-order valence-corrected chi connectivity index (χ2v) is 7.97. The third-order valence-electron chi connectivity index (χ3n) is 3.57. The van der Waals surface area contributed by atoms with E-state index < -0.39 is 10.0 Å². The van der Waals surface area contributed by atoms with Gasteiger partial charge in [-0.3, -0.25) is 4.99 Å². The molecule has 3 N–H and O–H groups in total. The van der Waals surface area contributed by atoms with Gasteiger partial charge in [-0.15, -0.1) is 24.0 Å². The van der Waals surface area contributed by atoms with Gasteiger partial charge in [-0.05, 0) is 23.3 Å². The lowest BCUT2D eigenvalue weighted by Gasteiger charge is -2.12. The first-order valence-electron chi connectivity index (χ1n) is 8.19. The fourth-order valence-corrected chi connectivity index (χ4v) is 3.33. The van der Waals surface area contributed by atoms with Crippen molar-refractivity contribution < 1.29 is 8.42 Å². The predicted molar refractivity (Wildman–Crippen MR) is 122 cm³/mol. The molecule has 9 heteroatoms. The van der Waals surface area contributed by atoms with Crippen molar-refractivity contribution in [3.63, 3.8) is 0 Å². The van der Waals surface area contributed by atoms with Crippen LogP contribution in [0, 0.1) is 0 Å². The van der Waals surface area contributed by atoms with Crippen molar-refractivity contribution in [2.24, 2.45) is 4.99 Å². The summed E-state index contributed by atoms with van der Waals surface area (Å²) < 4.78 is 26.7. The van der Waals surface area contributed by atoms with E-state index in [0.717, 1.165) is 11.1 Å². The highest BCUT2D eigenvalue weighted by atomic mass is 127. The van der Waals surface area contributed by atoms with E-state index in [4.69, 9.17) is 11.6 Å². The van der Waals surface area contributed by atoms with Crippen LogP contribution in [0.25, 0.3) is 0 Å². The summed E-state index contributed by atoms with van der Waals surface area (Å²) in [6.45, 7) is 1.07. The number of hydrogen-bond acceptors (Lipinski definition) is 3. The Balaban J connectivity index is 0.00000364. The van der Waals surface area contributed by atoms with Gasteiger partial charge in [0.1, 0.15) is 0 Å². The van der Waals surface area contributed by atoms with Gasteiger partial charge in [0, 0.05) is 31.7 Å². The molecule has 0 aliphatic heterocycles. The van der Waals surface area contributed by atoms with Crippen molar-refractivity contribution in [2.45, 2.75) is 13.1 Å². The van der Waals surface area contributed by atoms with Crippen molar-refractivity contribution in [1.82, 2.24) is 15.4 Å². The molecule has 0 saturated carbocycles. The second kappa shape index (κ2) is 12.2. The van der Waals surface area contributed by atoms with Crippen LogP contribution >= 0.6 is 35.6 Å². The topological polar surface area (TPSA) is 82.6 Å². The molecule has 0 spiro atoms. The highest BCUT2D eigenvalue weighted by molar-refractivity contribution is 14.0. The van der Waals surface area contributed by atoms with Crippen LogP contribution in [0.1, 0.15) is 11.1 Å². The van der Waals surface area contributed by atoms with Crippen LogP contribution in [0.15, 0.2) is 59.6 Å². The SMILES string of the molecule is CN=C(NCCS(=O)(=O)NCc1ccccc1)NCc1cccc(Cl)c1.I. The van der Waals surface area contributed by atoms with Gasteiger partial charge in [-0.2, -0.15) is 0 Å². The summed E-state index contributed by atoms with van der Waals surface area (Å²) in [4.78, 5) is 4.08. The summed E-state index contributed by atoms with van der Waals surface area (Å²) in [5, 5.41) is 6.79. The normalized spacial score (nSPS) is 11.6. The summed E-state index contributed by atoms with van der Waals surface area (Å²) in [6, 6.07) is 16.9. The van der Waals surface area contributed by atoms with Gasteiger partial charge >= 0.3 is 0 Å². The van der Waals surface area contributed by atoms with Gasteiger partial charge in [-0.25, -0.2) is 13.1 Å². The Morgan fingerprint density at radius 1 is 1.00 bits per heavy atom. The standard InChI is InChI=1S/C18H23ClN4O2S.HI/c1-20-18(22-13-16-8-5-9-17(19)12-16)21-10-11-26(24,25)23-14-15-6-3-2-4-7-15;/h2-9,12,23H,10-11,13-14H2,1H3,(H2,20,21,22);1H. The number of halogens is 2. The molecular formula is C18H24ClIN4O2S. The van der Waals surface area contributed by atoms with Gasteiger partial charge in [0.15, 0.2) is 5.96 Å². The summed E-state index contributed by atoms with van der Waals surface area (Å²) in [6.07, 6.45) is 0. The van der Waals surface area contributed by atoms with Crippen molar-refractivity contribution in [3.05, 3.63) is 70.7 Å². The molecule has 0 radical (unpaired) electrons. The Labute approximate surface area is 182 Å². The van der Waals surface area contributed by atoms with Gasteiger partial charge in [-0.1, -0.05) is 54.1 Å². The van der Waals surface area contributed by atoms with Crippen LogP contribution in [0.3, 0.4) is 0 Å². The van der Waals surface area contributed by atoms with Crippen LogP contribution in [0.5, 0.6) is 0 Å². The number of nitrogens with one attached hydrogen (secondary N) is 3. The minimum Gasteiger partial charge on any atom is -0.355 e. The van der Waals surface area contributed by atoms with Crippen LogP contribution in [-0.4, -0.2) is 33.7 Å². The molecule has 0 unspecified atom stereocenters. The number of benzene rings is 2. The van der Waals surface area contributed by atoms with E-state index >= 15 is 0 Å². The van der Waals surface area contributed by atoms with E-state index in [0.29, 0.717) is 17.5 Å². The van der Waals surface area contributed by atoms with E-state index in [2.05, 4.69) is 20.3 Å². The Morgan fingerprint density at radius 2 is 1.70 bits per heavy atom. The van der Waals surface area contributed by atoms with E-state index in [-0.39, 0.29) is 42.8 Å². The van der Waals surface area contributed by atoms with E-state index in [1.54, 1.807) is 7.05 Å². The molecule has 0 aromatic heterocycles. The summed E-state index contributed by atoms with van der Waals surface area (Å²) in [5.74, 6) is 0.487. The second-order valence-electron chi connectivity index (χ2n) is 5.61. The molecule has 2 aromatic rings. The highest BCUT2D eigenvalue weighted by Crippen LogP contribution is 2.10. The number of aliphatic imine (C=N–C) groups is 1. The lowest BCUT2D eigenvalue weighted by molar-refractivity contribution is 0.580. The number of sulfonamides is 1. The Kier molecular flexibility index (Phi) is 10.7. The highest BCUT2D eigenvalue weighted by Gasteiger charge is 2.10. The zero-order valence-corrected chi connectivity index (χ0v) is 18.9. The molecule has 0 saturated heterocycles. The van der Waals surface area contributed by atoms with Crippen LogP contribution in [0.2, 0.25) is 5.02 Å². The summed E-state index contributed by atoms with van der Waals surface area (Å²) in [7, 11) is -1.73. The van der Waals surface area contributed by atoms with E-state index in [1.165, 1.54) is 0 Å². The maximum absolute atomic E-state index is 12.1. The monoisotopic (exact) mass is 522 g/mol. The van der Waals surface area contributed by atoms with Crippen LogP contribution < -0.4 is 15.4 Å². The zero-order valence-electron chi connectivity index (χ0n) is 15.0. The Bertz CT molecular complexity index is 832. The number of rotatable bonds is 8. The van der Waals surface area contributed by atoms with Crippen molar-refractivity contribution >= 4 is 51.6 Å². The molecule has 0 amide bonds. The molecule has 0 aliphatic carbocycles. The van der Waals surface area contributed by atoms with Gasteiger partial charge < -0.3 is 10.6 Å². The van der Waals surface area contributed by atoms with E-state index in [1.807, 2.05) is 54.6 Å². The maximum atomic E-state index is 12.1. The van der Waals surface area contributed by atoms with Gasteiger partial charge in [0.25, 0.3) is 0 Å². The van der Waals surface area contributed by atoms with Gasteiger partial charge in [0.2, 0.25) is 10.0 Å². The minimum atomic E-state index is -3.37. The molecule has 6 nitrogen and oxygen atoms in total. The first-order valence-corrected chi connectivity index (χ1v) is 10.2. The fraction of sp³-hybridized carbons (Fsp3) is 0.278. The third-order valence-corrected chi connectivity index (χ3v) is 5.14. The first kappa shape index (κ1) is 23.7. The predicted octanol–water partition coefficient (Wildman–Crippen LogP) is 2.74. The number of nitrogens with zero attached hydrogens (tertiary/aromatic N) is 1. The molecule has 2 aromatic carbocycles. The molecular weight excluding hydrogens is 499 g/mol. The number of hydrogen-bond donors (Lipinski definition) is 3. The molecule has 148 valence electrons. The Morgan fingerprint density at radius 3 is 2.37 bits per heavy atom. The molecule has 2 rings (SSSR count). The first-order chi connectivity index (χ1) is 12.5. The van der Waals surface area contributed by atoms with Gasteiger partial charge in [0.05, 0.1) is 5.75 Å².